The number of carbonyl (C=O) groups excluding carboxylic acids is 2. The highest BCUT2D eigenvalue weighted by Crippen LogP contribution is 2.28. The molecule has 0 saturated heterocycles. The SMILES string of the molecule is CCOC(=O)C(=NOC1CC1F)C(C)=O. The van der Waals surface area contributed by atoms with E-state index < -0.39 is 29.7 Å². The molecule has 5 nitrogen and oxygen atoms in total. The van der Waals surface area contributed by atoms with Crippen molar-refractivity contribution in [2.24, 2.45) is 5.16 Å². The fourth-order valence-corrected chi connectivity index (χ4v) is 0.818. The summed E-state index contributed by atoms with van der Waals surface area (Å²) in [5, 5.41) is 3.31. The molecule has 84 valence electrons. The summed E-state index contributed by atoms with van der Waals surface area (Å²) in [6.45, 7) is 2.91. The number of ketones is 1. The molecule has 1 fully saturated rings. The number of ether oxygens (including phenoxy) is 1. The first-order valence-electron chi connectivity index (χ1n) is 4.62. The molecule has 2 atom stereocenters. The minimum atomic E-state index is -1.05. The average Bonchev–Trinajstić information content (AvgIpc) is 2.82. The van der Waals surface area contributed by atoms with Gasteiger partial charge in [-0.25, -0.2) is 9.18 Å². The van der Waals surface area contributed by atoms with Crippen LogP contribution in [0, 0.1) is 0 Å². The molecule has 0 heterocycles. The van der Waals surface area contributed by atoms with Gasteiger partial charge in [0.2, 0.25) is 5.71 Å². The highest BCUT2D eigenvalue weighted by molar-refractivity contribution is 6.63. The maximum absolute atomic E-state index is 12.4. The van der Waals surface area contributed by atoms with Crippen LogP contribution in [-0.4, -0.2) is 36.3 Å². The van der Waals surface area contributed by atoms with Gasteiger partial charge in [0.05, 0.1) is 6.61 Å². The molecule has 0 aliphatic heterocycles. The van der Waals surface area contributed by atoms with Gasteiger partial charge in [-0.15, -0.1) is 0 Å². The molecule has 0 aromatic rings. The van der Waals surface area contributed by atoms with Crippen molar-refractivity contribution in [1.29, 1.82) is 0 Å². The molecule has 0 aromatic heterocycles. The van der Waals surface area contributed by atoms with Crippen molar-refractivity contribution >= 4 is 17.5 Å². The predicted octanol–water partition coefficient (Wildman–Crippen LogP) is 0.621. The van der Waals surface area contributed by atoms with E-state index >= 15 is 0 Å². The number of carbonyl (C=O) groups is 2. The summed E-state index contributed by atoms with van der Waals surface area (Å²) >= 11 is 0. The van der Waals surface area contributed by atoms with Crippen LogP contribution in [0.2, 0.25) is 0 Å². The Morgan fingerprint density at radius 3 is 2.53 bits per heavy atom. The summed E-state index contributed by atoms with van der Waals surface area (Å²) in [5.41, 5.74) is -0.434. The fraction of sp³-hybridized carbons (Fsp3) is 0.667. The lowest BCUT2D eigenvalue weighted by Crippen LogP contribution is -2.25. The van der Waals surface area contributed by atoms with Crippen molar-refractivity contribution < 1.29 is 23.6 Å². The topological polar surface area (TPSA) is 65.0 Å². The lowest BCUT2D eigenvalue weighted by molar-refractivity contribution is -0.136. The Hall–Kier alpha value is -1.46. The molecule has 15 heavy (non-hydrogen) atoms. The second-order valence-corrected chi connectivity index (χ2v) is 3.11. The van der Waals surface area contributed by atoms with E-state index in [1.165, 1.54) is 6.92 Å². The lowest BCUT2D eigenvalue weighted by Gasteiger charge is -2.02. The molecule has 1 saturated carbocycles. The van der Waals surface area contributed by atoms with Crippen molar-refractivity contribution in [2.75, 3.05) is 6.61 Å². The van der Waals surface area contributed by atoms with Gasteiger partial charge in [-0.3, -0.25) is 4.79 Å². The van der Waals surface area contributed by atoms with Crippen LogP contribution in [0.3, 0.4) is 0 Å². The van der Waals surface area contributed by atoms with Crippen LogP contribution >= 0.6 is 0 Å². The molecule has 1 aliphatic carbocycles. The first-order chi connectivity index (χ1) is 7.06. The van der Waals surface area contributed by atoms with Gasteiger partial charge in [0.1, 0.15) is 6.17 Å². The van der Waals surface area contributed by atoms with Crippen molar-refractivity contribution in [3.63, 3.8) is 0 Å². The second-order valence-electron chi connectivity index (χ2n) is 3.11. The Balaban J connectivity index is 2.56. The molecule has 2 unspecified atom stereocenters. The van der Waals surface area contributed by atoms with E-state index in [0.29, 0.717) is 0 Å². The average molecular weight is 217 g/mol. The minimum absolute atomic E-state index is 0.139. The maximum Gasteiger partial charge on any atom is 0.364 e. The molecule has 0 radical (unpaired) electrons. The quantitative estimate of drug-likeness (QED) is 0.293. The summed E-state index contributed by atoms with van der Waals surface area (Å²) in [5.74, 6) is -1.41. The van der Waals surface area contributed by atoms with Crippen LogP contribution in [0.5, 0.6) is 0 Å². The normalized spacial score (nSPS) is 24.6. The van der Waals surface area contributed by atoms with Crippen LogP contribution in [-0.2, 0) is 19.2 Å². The van der Waals surface area contributed by atoms with E-state index in [2.05, 4.69) is 14.7 Å². The van der Waals surface area contributed by atoms with Crippen LogP contribution in [0.4, 0.5) is 4.39 Å². The Kier molecular flexibility index (Phi) is 3.76. The number of halogens is 1. The Labute approximate surface area is 86.2 Å². The first kappa shape index (κ1) is 11.6. The molecule has 1 rings (SSSR count). The van der Waals surface area contributed by atoms with Crippen molar-refractivity contribution in [1.82, 2.24) is 0 Å². The molecule has 0 bridgehead atoms. The zero-order valence-electron chi connectivity index (χ0n) is 8.53. The number of alkyl halides is 1. The van der Waals surface area contributed by atoms with Gasteiger partial charge >= 0.3 is 5.97 Å². The third-order valence-corrected chi connectivity index (χ3v) is 1.74. The van der Waals surface area contributed by atoms with E-state index in [1.807, 2.05) is 0 Å². The van der Waals surface area contributed by atoms with Crippen LogP contribution < -0.4 is 0 Å². The van der Waals surface area contributed by atoms with Crippen molar-refractivity contribution in [2.45, 2.75) is 32.5 Å². The van der Waals surface area contributed by atoms with E-state index in [9.17, 15) is 14.0 Å². The number of nitrogens with zero attached hydrogens (tertiary/aromatic N) is 1. The zero-order chi connectivity index (χ0) is 11.4. The van der Waals surface area contributed by atoms with Gasteiger partial charge in [-0.2, -0.15) is 0 Å². The number of rotatable bonds is 5. The molecule has 6 heteroatoms. The molecule has 0 spiro atoms. The maximum atomic E-state index is 12.4. The summed E-state index contributed by atoms with van der Waals surface area (Å²) in [7, 11) is 0. The van der Waals surface area contributed by atoms with Gasteiger partial charge < -0.3 is 9.57 Å². The highest BCUT2D eigenvalue weighted by atomic mass is 19.1. The highest BCUT2D eigenvalue weighted by Gasteiger charge is 2.41. The smallest absolute Gasteiger partial charge is 0.364 e. The first-order valence-corrected chi connectivity index (χ1v) is 4.62. The lowest BCUT2D eigenvalue weighted by atomic mass is 10.3. The molecular weight excluding hydrogens is 205 g/mol. The number of hydrogen-bond donors (Lipinski definition) is 0. The standard InChI is InChI=1S/C9H12FNO4/c1-3-14-9(13)8(5(2)12)11-15-7-4-6(7)10/h6-7H,3-4H2,1-2H3. The van der Waals surface area contributed by atoms with E-state index in [4.69, 9.17) is 0 Å². The van der Waals surface area contributed by atoms with Gasteiger partial charge in [-0.1, -0.05) is 5.16 Å². The monoisotopic (exact) mass is 217 g/mol. The van der Waals surface area contributed by atoms with Crippen LogP contribution in [0.15, 0.2) is 5.16 Å². The molecule has 1 aliphatic rings. The Morgan fingerprint density at radius 1 is 1.53 bits per heavy atom. The number of Topliss-reactive ketones (excluding diaryl/α,β-unsaturated/α-hetero) is 1. The second kappa shape index (κ2) is 4.86. The summed E-state index contributed by atoms with van der Waals surface area (Å²) in [6.07, 6.45) is -1.43. The summed E-state index contributed by atoms with van der Waals surface area (Å²) in [6, 6.07) is 0. The molecular formula is C9H12FNO4. The van der Waals surface area contributed by atoms with Crippen molar-refractivity contribution in [3.05, 3.63) is 0 Å². The number of hydrogen-bond acceptors (Lipinski definition) is 5. The van der Waals surface area contributed by atoms with E-state index in [-0.39, 0.29) is 13.0 Å². The number of esters is 1. The summed E-state index contributed by atoms with van der Waals surface area (Å²) < 4.78 is 17.0. The van der Waals surface area contributed by atoms with Gasteiger partial charge in [-0.05, 0) is 6.92 Å². The third-order valence-electron chi connectivity index (χ3n) is 1.74. The van der Waals surface area contributed by atoms with E-state index in [1.54, 1.807) is 6.92 Å². The molecule has 0 aromatic carbocycles. The zero-order valence-corrected chi connectivity index (χ0v) is 8.53. The minimum Gasteiger partial charge on any atom is -0.461 e. The Bertz CT molecular complexity index is 302. The summed E-state index contributed by atoms with van der Waals surface area (Å²) in [4.78, 5) is 26.8. The number of oxime groups is 1. The van der Waals surface area contributed by atoms with Crippen LogP contribution in [0.1, 0.15) is 20.3 Å². The molecule has 0 N–H and O–H groups in total. The van der Waals surface area contributed by atoms with Gasteiger partial charge in [0.25, 0.3) is 0 Å². The largest absolute Gasteiger partial charge is 0.461 e. The van der Waals surface area contributed by atoms with Gasteiger partial charge in [0, 0.05) is 13.3 Å². The third kappa shape index (κ3) is 3.30. The van der Waals surface area contributed by atoms with Crippen molar-refractivity contribution in [3.8, 4) is 0 Å². The Morgan fingerprint density at radius 2 is 2.13 bits per heavy atom. The fourth-order valence-electron chi connectivity index (χ4n) is 0.818. The molecule has 0 amide bonds. The van der Waals surface area contributed by atoms with Gasteiger partial charge in [0.15, 0.2) is 11.9 Å². The predicted molar refractivity (Wildman–Crippen MR) is 49.1 cm³/mol. The van der Waals surface area contributed by atoms with Crippen LogP contribution in [0.25, 0.3) is 0 Å². The van der Waals surface area contributed by atoms with E-state index in [0.717, 1.165) is 0 Å².